The molecule has 0 amide bonds. The highest BCUT2D eigenvalue weighted by molar-refractivity contribution is 7.15. The number of furan rings is 1. The molecule has 0 bridgehead atoms. The van der Waals surface area contributed by atoms with Gasteiger partial charge in [-0.3, -0.25) is 4.79 Å². The van der Waals surface area contributed by atoms with Gasteiger partial charge in [-0.1, -0.05) is 53.8 Å². The van der Waals surface area contributed by atoms with E-state index in [2.05, 4.69) is 4.98 Å². The number of benzene rings is 3. The lowest BCUT2D eigenvalue weighted by molar-refractivity contribution is 0.411. The van der Waals surface area contributed by atoms with Gasteiger partial charge in [-0.25, -0.2) is 14.1 Å². The third-order valence-corrected chi connectivity index (χ3v) is 7.13. The highest BCUT2D eigenvalue weighted by atomic mass is 32.1. The van der Waals surface area contributed by atoms with Crippen LogP contribution in [0.4, 0.5) is 0 Å². The van der Waals surface area contributed by atoms with E-state index in [0.29, 0.717) is 32.3 Å². The maximum atomic E-state index is 13.4. The Kier molecular flexibility index (Phi) is 4.55. The van der Waals surface area contributed by atoms with Crippen molar-refractivity contribution in [1.82, 2.24) is 19.2 Å². The van der Waals surface area contributed by atoms with Crippen molar-refractivity contribution in [2.75, 3.05) is 7.11 Å². The van der Waals surface area contributed by atoms with Crippen LogP contribution in [0.5, 0.6) is 5.75 Å². The molecular formula is C28H18N4O3S. The van der Waals surface area contributed by atoms with Crippen LogP contribution in [0.25, 0.3) is 50.2 Å². The van der Waals surface area contributed by atoms with Crippen LogP contribution in [-0.4, -0.2) is 26.3 Å². The maximum Gasteiger partial charge on any atom is 0.274 e. The molecule has 0 aliphatic rings. The molecule has 7 aromatic rings. The Labute approximate surface area is 208 Å². The Morgan fingerprint density at radius 3 is 2.69 bits per heavy atom. The summed E-state index contributed by atoms with van der Waals surface area (Å²) in [6.45, 7) is 0. The second-order valence-corrected chi connectivity index (χ2v) is 9.35. The Morgan fingerprint density at radius 2 is 1.83 bits per heavy atom. The summed E-state index contributed by atoms with van der Waals surface area (Å²) in [7, 11) is 1.62. The van der Waals surface area contributed by atoms with Crippen molar-refractivity contribution in [3.8, 4) is 22.9 Å². The van der Waals surface area contributed by atoms with Gasteiger partial charge in [0.1, 0.15) is 5.69 Å². The predicted octanol–water partition coefficient (Wildman–Crippen LogP) is 5.06. The van der Waals surface area contributed by atoms with Gasteiger partial charge in [0.05, 0.1) is 28.4 Å². The van der Waals surface area contributed by atoms with Gasteiger partial charge in [-0.05, 0) is 42.5 Å². The molecule has 4 heterocycles. The Hall–Kier alpha value is -4.69. The van der Waals surface area contributed by atoms with Crippen molar-refractivity contribution in [3.63, 3.8) is 0 Å². The predicted molar refractivity (Wildman–Crippen MR) is 141 cm³/mol. The number of hydrogen-bond acceptors (Lipinski definition) is 6. The van der Waals surface area contributed by atoms with Crippen LogP contribution in [-0.2, 0) is 0 Å². The van der Waals surface area contributed by atoms with Gasteiger partial charge in [0.15, 0.2) is 22.1 Å². The van der Waals surface area contributed by atoms with Crippen molar-refractivity contribution < 1.29 is 9.15 Å². The number of aromatic nitrogens is 4. The Bertz CT molecular complexity index is 2010. The molecule has 8 heteroatoms. The van der Waals surface area contributed by atoms with Crippen LogP contribution in [0.15, 0.2) is 94.3 Å². The fraction of sp³-hybridized carbons (Fsp3) is 0.0357. The molecule has 0 fully saturated rings. The van der Waals surface area contributed by atoms with E-state index in [1.54, 1.807) is 16.2 Å². The molecule has 0 saturated heterocycles. The quantitative estimate of drug-likeness (QED) is 0.345. The number of methoxy groups -OCH3 is 1. The lowest BCUT2D eigenvalue weighted by Crippen LogP contribution is -2.22. The maximum absolute atomic E-state index is 13.4. The first-order valence-corrected chi connectivity index (χ1v) is 12.1. The third-order valence-electron chi connectivity index (χ3n) is 6.16. The van der Waals surface area contributed by atoms with E-state index in [4.69, 9.17) is 14.3 Å². The first-order valence-electron chi connectivity index (χ1n) is 11.3. The summed E-state index contributed by atoms with van der Waals surface area (Å²) in [4.78, 5) is 18.7. The minimum Gasteiger partial charge on any atom is -0.493 e. The molecule has 174 valence electrons. The zero-order valence-corrected chi connectivity index (χ0v) is 19.9. The molecule has 7 nitrogen and oxygen atoms in total. The molecule has 0 atom stereocenters. The average Bonchev–Trinajstić information content (AvgIpc) is 3.67. The number of rotatable bonds is 4. The molecule has 7 rings (SSSR count). The summed E-state index contributed by atoms with van der Waals surface area (Å²) in [6.07, 6.45) is 3.78. The van der Waals surface area contributed by atoms with Crippen LogP contribution in [0, 0.1) is 0 Å². The Balaban J connectivity index is 1.47. The summed E-state index contributed by atoms with van der Waals surface area (Å²) >= 11 is 1.36. The summed E-state index contributed by atoms with van der Waals surface area (Å²) in [6, 6.07) is 25.2. The fourth-order valence-corrected chi connectivity index (χ4v) is 5.44. The Morgan fingerprint density at radius 1 is 1.00 bits per heavy atom. The lowest BCUT2D eigenvalue weighted by atomic mass is 10.2. The number of para-hydroxylation sites is 4. The van der Waals surface area contributed by atoms with Gasteiger partial charge < -0.3 is 9.15 Å². The van der Waals surface area contributed by atoms with Crippen LogP contribution in [0.3, 0.4) is 0 Å². The van der Waals surface area contributed by atoms with E-state index in [9.17, 15) is 4.79 Å². The van der Waals surface area contributed by atoms with E-state index in [1.807, 2.05) is 91.1 Å². The molecule has 0 aliphatic heterocycles. The number of nitrogens with zero attached hydrogens (tertiary/aromatic N) is 4. The van der Waals surface area contributed by atoms with Gasteiger partial charge in [-0.2, -0.15) is 5.10 Å². The zero-order valence-electron chi connectivity index (χ0n) is 19.1. The van der Waals surface area contributed by atoms with E-state index >= 15 is 0 Å². The van der Waals surface area contributed by atoms with Gasteiger partial charge in [0.25, 0.3) is 5.56 Å². The summed E-state index contributed by atoms with van der Waals surface area (Å²) in [5.41, 5.74) is 4.46. The average molecular weight is 491 g/mol. The van der Waals surface area contributed by atoms with Gasteiger partial charge >= 0.3 is 0 Å². The normalized spacial score (nSPS) is 12.3. The standard InChI is InChI=1S/C28H18N4O3S/c1-34-22-13-7-8-17-14-23(35-26(17)22)25-18(16-31(30-25)19-9-3-2-4-10-19)15-24-27(33)32-21-12-6-5-11-20(21)29-28(32)36-24/h2-16H,1H3/b24-15-. The van der Waals surface area contributed by atoms with Gasteiger partial charge in [-0.15, -0.1) is 0 Å². The SMILES string of the molecule is COc1cccc2cc(-c3nn(-c4ccccc4)cc3/C=c3\sc4nc5ccccc5n4c3=O)oc12. The first kappa shape index (κ1) is 20.7. The molecule has 0 saturated carbocycles. The zero-order chi connectivity index (χ0) is 24.2. The highest BCUT2D eigenvalue weighted by Crippen LogP contribution is 2.34. The number of hydrogen-bond donors (Lipinski definition) is 0. The lowest BCUT2D eigenvalue weighted by Gasteiger charge is -1.99. The second kappa shape index (κ2) is 7.93. The minimum atomic E-state index is -0.103. The smallest absolute Gasteiger partial charge is 0.274 e. The van der Waals surface area contributed by atoms with E-state index in [0.717, 1.165) is 27.7 Å². The molecule has 4 aromatic heterocycles. The molecule has 36 heavy (non-hydrogen) atoms. The van der Waals surface area contributed by atoms with Crippen molar-refractivity contribution in [2.45, 2.75) is 0 Å². The second-order valence-electron chi connectivity index (χ2n) is 8.34. The van der Waals surface area contributed by atoms with Crippen molar-refractivity contribution in [1.29, 1.82) is 0 Å². The van der Waals surface area contributed by atoms with Gasteiger partial charge in [0, 0.05) is 17.1 Å². The number of fused-ring (bicyclic) bond motifs is 4. The summed E-state index contributed by atoms with van der Waals surface area (Å²) in [5.74, 6) is 1.25. The number of ether oxygens (including phenoxy) is 1. The molecule has 3 aromatic carbocycles. The molecular weight excluding hydrogens is 472 g/mol. The van der Waals surface area contributed by atoms with Crippen LogP contribution >= 0.6 is 11.3 Å². The van der Waals surface area contributed by atoms with Crippen molar-refractivity contribution in [3.05, 3.63) is 106 Å². The molecule has 0 aliphatic carbocycles. The molecule has 0 N–H and O–H groups in total. The van der Waals surface area contributed by atoms with Crippen LogP contribution < -0.4 is 14.8 Å². The molecule has 0 radical (unpaired) electrons. The summed E-state index contributed by atoms with van der Waals surface area (Å²) in [5, 5.41) is 5.76. The van der Waals surface area contributed by atoms with Crippen LogP contribution in [0.2, 0.25) is 0 Å². The van der Waals surface area contributed by atoms with Crippen molar-refractivity contribution in [2.24, 2.45) is 0 Å². The molecule has 0 unspecified atom stereocenters. The minimum absolute atomic E-state index is 0.103. The van der Waals surface area contributed by atoms with E-state index in [1.165, 1.54) is 11.3 Å². The van der Waals surface area contributed by atoms with Crippen LogP contribution in [0.1, 0.15) is 5.56 Å². The van der Waals surface area contributed by atoms with Crippen molar-refractivity contribution >= 4 is 44.4 Å². The van der Waals surface area contributed by atoms with E-state index in [-0.39, 0.29) is 5.56 Å². The monoisotopic (exact) mass is 490 g/mol. The molecule has 0 spiro atoms. The third kappa shape index (κ3) is 3.15. The number of imidazole rings is 1. The van der Waals surface area contributed by atoms with Gasteiger partial charge in [0.2, 0.25) is 0 Å². The number of thiazole rings is 1. The first-order chi connectivity index (χ1) is 17.7. The largest absolute Gasteiger partial charge is 0.493 e. The summed E-state index contributed by atoms with van der Waals surface area (Å²) < 4.78 is 15.7. The fourth-order valence-electron chi connectivity index (χ4n) is 4.46. The topological polar surface area (TPSA) is 74.6 Å². The van der Waals surface area contributed by atoms with E-state index < -0.39 is 0 Å². The highest BCUT2D eigenvalue weighted by Gasteiger charge is 2.18.